The number of carboxylic acid groups (broad SMARTS) is 1. The van der Waals surface area contributed by atoms with Crippen LogP contribution in [0, 0.1) is 25.5 Å². The number of rotatable bonds is 6. The van der Waals surface area contributed by atoms with E-state index in [2.05, 4.69) is 10.3 Å². The molecule has 8 nitrogen and oxygen atoms in total. The van der Waals surface area contributed by atoms with Crippen LogP contribution in [-0.2, 0) is 28.6 Å². The highest BCUT2D eigenvalue weighted by molar-refractivity contribution is 5.82. The summed E-state index contributed by atoms with van der Waals surface area (Å²) in [7, 11) is 3.76. The standard InChI is InChI=1S/C35H41F5N4O4/c1-20-14-25(36)15-22-10-8-6-5-7-9-11-29(44-19-23(12-13-43(3)4)21(2)41-34(44)48)33(47)42-28(18-30(45)46)26-16-24(31(20)22)17-27(32(26)37)35(38,39)40/h14-17,19,28-29H,5-13,18H2,1-4H3,(H,42,47)(H,45,46)/t28-,29-/m0/s1. The van der Waals surface area contributed by atoms with Gasteiger partial charge in [0.2, 0.25) is 5.91 Å². The third-order valence-electron chi connectivity index (χ3n) is 8.78. The lowest BCUT2D eigenvalue weighted by Gasteiger charge is -2.26. The highest BCUT2D eigenvalue weighted by Crippen LogP contribution is 2.40. The maximum Gasteiger partial charge on any atom is 0.419 e. The summed E-state index contributed by atoms with van der Waals surface area (Å²) < 4.78 is 74.5. The van der Waals surface area contributed by atoms with Gasteiger partial charge in [-0.1, -0.05) is 25.7 Å². The van der Waals surface area contributed by atoms with Crippen molar-refractivity contribution in [3.63, 3.8) is 0 Å². The molecule has 1 amide bonds. The topological polar surface area (TPSA) is 105 Å². The Labute approximate surface area is 276 Å². The molecule has 0 aliphatic carbocycles. The van der Waals surface area contributed by atoms with Crippen molar-refractivity contribution in [2.24, 2.45) is 0 Å². The second kappa shape index (κ2) is 15.4. The number of aryl methyl sites for hydroxylation is 3. The van der Waals surface area contributed by atoms with E-state index in [4.69, 9.17) is 0 Å². The van der Waals surface area contributed by atoms with Crippen molar-refractivity contribution in [1.82, 2.24) is 19.8 Å². The number of carbonyl (C=O) groups excluding carboxylic acids is 1. The molecule has 0 radical (unpaired) electrons. The van der Waals surface area contributed by atoms with Crippen molar-refractivity contribution in [3.05, 3.63) is 86.1 Å². The highest BCUT2D eigenvalue weighted by atomic mass is 19.4. The number of carbonyl (C=O) groups is 2. The Morgan fingerprint density at radius 2 is 1.73 bits per heavy atom. The second-order valence-electron chi connectivity index (χ2n) is 12.8. The van der Waals surface area contributed by atoms with Crippen molar-refractivity contribution in [1.29, 1.82) is 0 Å². The number of benzene rings is 2. The summed E-state index contributed by atoms with van der Waals surface area (Å²) in [5.41, 5.74) is -0.854. The molecule has 4 rings (SSSR count). The van der Waals surface area contributed by atoms with Gasteiger partial charge in [-0.25, -0.2) is 13.6 Å². The molecule has 2 heterocycles. The van der Waals surface area contributed by atoms with Crippen LogP contribution < -0.4 is 11.0 Å². The number of hydrogen-bond donors (Lipinski definition) is 2. The molecule has 0 spiro atoms. The Morgan fingerprint density at radius 1 is 1.04 bits per heavy atom. The van der Waals surface area contributed by atoms with Crippen LogP contribution in [0.15, 0.2) is 35.3 Å². The number of halogens is 5. The molecule has 1 aromatic heterocycles. The number of amides is 1. The van der Waals surface area contributed by atoms with Crippen molar-refractivity contribution in [3.8, 4) is 11.1 Å². The molecule has 0 fully saturated rings. The van der Waals surface area contributed by atoms with E-state index in [1.807, 2.05) is 19.0 Å². The maximum absolute atomic E-state index is 15.9. The van der Waals surface area contributed by atoms with Gasteiger partial charge in [0.15, 0.2) is 0 Å². The minimum absolute atomic E-state index is 0.0796. The fourth-order valence-electron chi connectivity index (χ4n) is 6.34. The zero-order valence-electron chi connectivity index (χ0n) is 27.5. The Kier molecular flexibility index (Phi) is 11.8. The first-order chi connectivity index (χ1) is 22.6. The highest BCUT2D eigenvalue weighted by Gasteiger charge is 2.38. The lowest BCUT2D eigenvalue weighted by atomic mass is 9.87. The van der Waals surface area contributed by atoms with Gasteiger partial charge < -0.3 is 15.3 Å². The number of fused-ring (bicyclic) bond motifs is 4. The Hall–Kier alpha value is -4.13. The summed E-state index contributed by atoms with van der Waals surface area (Å²) in [6, 6.07) is 1.24. The van der Waals surface area contributed by atoms with Gasteiger partial charge >= 0.3 is 17.8 Å². The summed E-state index contributed by atoms with van der Waals surface area (Å²) in [5, 5.41) is 12.2. The summed E-state index contributed by atoms with van der Waals surface area (Å²) in [6.07, 6.45) is -0.331. The first-order valence-corrected chi connectivity index (χ1v) is 16.0. The van der Waals surface area contributed by atoms with Crippen LogP contribution in [0.2, 0.25) is 0 Å². The van der Waals surface area contributed by atoms with Crippen LogP contribution in [0.4, 0.5) is 22.0 Å². The number of aliphatic carboxylic acids is 1. The van der Waals surface area contributed by atoms with E-state index in [1.54, 1.807) is 13.1 Å². The average molecular weight is 677 g/mol. The van der Waals surface area contributed by atoms with Crippen molar-refractivity contribution in [2.75, 3.05) is 20.6 Å². The molecular formula is C35H41F5N4O4. The van der Waals surface area contributed by atoms with Gasteiger partial charge in [-0.3, -0.25) is 14.2 Å². The van der Waals surface area contributed by atoms with E-state index in [1.165, 1.54) is 23.6 Å². The first-order valence-electron chi connectivity index (χ1n) is 16.0. The SMILES string of the molecule is Cc1cc(F)cc2c1-c1cc(c(F)c(C(F)(F)F)c1)[C@H](CC(=O)O)NC(=O)[C@@H](n1cc(CCN(C)C)c(C)nc1=O)CCCCCCC2. The molecule has 0 unspecified atom stereocenters. The molecule has 0 saturated carbocycles. The molecule has 1 aliphatic heterocycles. The lowest BCUT2D eigenvalue weighted by Crippen LogP contribution is -2.41. The molecule has 1 aliphatic rings. The Balaban J connectivity index is 1.91. The van der Waals surface area contributed by atoms with Crippen molar-refractivity contribution < 1.29 is 36.6 Å². The van der Waals surface area contributed by atoms with Gasteiger partial charge in [0, 0.05) is 24.0 Å². The van der Waals surface area contributed by atoms with E-state index in [0.717, 1.165) is 18.9 Å². The van der Waals surface area contributed by atoms with Crippen LogP contribution in [0.5, 0.6) is 0 Å². The van der Waals surface area contributed by atoms with Crippen molar-refractivity contribution >= 4 is 11.9 Å². The van der Waals surface area contributed by atoms with Crippen molar-refractivity contribution in [2.45, 2.75) is 89.9 Å². The molecule has 13 heteroatoms. The molecule has 2 N–H and O–H groups in total. The molecule has 2 bridgehead atoms. The zero-order chi connectivity index (χ0) is 35.3. The van der Waals surface area contributed by atoms with Crippen LogP contribution in [0.25, 0.3) is 11.1 Å². The van der Waals surface area contributed by atoms with Crippen LogP contribution in [0.1, 0.15) is 90.5 Å². The molecule has 2 aromatic carbocycles. The average Bonchev–Trinajstić information content (AvgIpc) is 2.97. The third kappa shape index (κ3) is 8.86. The smallest absolute Gasteiger partial charge is 0.419 e. The predicted octanol–water partition coefficient (Wildman–Crippen LogP) is 6.70. The number of carboxylic acids is 1. The van der Waals surface area contributed by atoms with E-state index in [9.17, 15) is 37.1 Å². The van der Waals surface area contributed by atoms with E-state index in [-0.39, 0.29) is 17.5 Å². The second-order valence-corrected chi connectivity index (χ2v) is 12.8. The number of alkyl halides is 3. The quantitative estimate of drug-likeness (QED) is 0.282. The largest absolute Gasteiger partial charge is 0.481 e. The summed E-state index contributed by atoms with van der Waals surface area (Å²) in [6.45, 7) is 3.85. The summed E-state index contributed by atoms with van der Waals surface area (Å²) in [4.78, 5) is 45.3. The minimum atomic E-state index is -5.17. The number of likely N-dealkylation sites (N-methyl/N-ethyl adjacent to an activating group) is 1. The summed E-state index contributed by atoms with van der Waals surface area (Å²) >= 11 is 0. The van der Waals surface area contributed by atoms with Gasteiger partial charge in [0.25, 0.3) is 0 Å². The maximum atomic E-state index is 15.9. The Bertz CT molecular complexity index is 1720. The van der Waals surface area contributed by atoms with Gasteiger partial charge in [-0.05, 0) is 106 Å². The van der Waals surface area contributed by atoms with E-state index in [0.29, 0.717) is 67.1 Å². The Morgan fingerprint density at radius 3 is 2.40 bits per heavy atom. The molecule has 260 valence electrons. The van der Waals surface area contributed by atoms with Gasteiger partial charge in [0.05, 0.1) is 18.0 Å². The zero-order valence-corrected chi connectivity index (χ0v) is 27.5. The first kappa shape index (κ1) is 36.7. The van der Waals surface area contributed by atoms with Crippen LogP contribution in [0.3, 0.4) is 0 Å². The van der Waals surface area contributed by atoms with Gasteiger partial charge in [0.1, 0.15) is 17.7 Å². The normalized spacial score (nSPS) is 18.0. The summed E-state index contributed by atoms with van der Waals surface area (Å²) in [5.74, 6) is -4.64. The third-order valence-corrected chi connectivity index (χ3v) is 8.78. The number of nitrogens with one attached hydrogen (secondary N) is 1. The van der Waals surface area contributed by atoms with E-state index >= 15 is 4.39 Å². The monoisotopic (exact) mass is 676 g/mol. The fourth-order valence-corrected chi connectivity index (χ4v) is 6.34. The number of aromatic nitrogens is 2. The molecule has 48 heavy (non-hydrogen) atoms. The number of hydrogen-bond acceptors (Lipinski definition) is 5. The van der Waals surface area contributed by atoms with E-state index < -0.39 is 65.0 Å². The lowest BCUT2D eigenvalue weighted by molar-refractivity contribution is -0.140. The minimum Gasteiger partial charge on any atom is -0.481 e. The van der Waals surface area contributed by atoms with Crippen LogP contribution >= 0.6 is 0 Å². The number of nitrogens with zero attached hydrogens (tertiary/aromatic N) is 3. The van der Waals surface area contributed by atoms with Crippen LogP contribution in [-0.4, -0.2) is 52.1 Å². The molecule has 2 atom stereocenters. The van der Waals surface area contributed by atoms with Gasteiger partial charge in [-0.2, -0.15) is 18.2 Å². The molecule has 0 saturated heterocycles. The fraction of sp³-hybridized carbons (Fsp3) is 0.486. The van der Waals surface area contributed by atoms with Gasteiger partial charge in [-0.15, -0.1) is 0 Å². The molecular weight excluding hydrogens is 635 g/mol. The molecule has 3 aromatic rings. The predicted molar refractivity (Wildman–Crippen MR) is 171 cm³/mol.